The Kier molecular flexibility index (Phi) is 6.17. The van der Waals surface area contributed by atoms with Crippen LogP contribution in [0.4, 0.5) is 8.78 Å². The molecule has 170 valence electrons. The summed E-state index contributed by atoms with van der Waals surface area (Å²) in [5.74, 6) is -1.52. The number of rotatable bonds is 7. The number of primary amides is 1. The topological polar surface area (TPSA) is 104 Å². The van der Waals surface area contributed by atoms with Gasteiger partial charge in [-0.25, -0.2) is 4.79 Å². The standard InChI is InChI=1S/C23H17ClF2N2O5/c24-15-7-8-17(33-18(30)11-29)20-19-14(22(27)31)5-2-6-16(19)28(21(15)20)10-12-3-1-4-13(9-12)32-23(25)26/h1-9,23,29H,10-11H2,(H2,27,31). The molecule has 0 fully saturated rings. The maximum absolute atomic E-state index is 12.6. The average Bonchev–Trinajstić information content (AvgIpc) is 3.10. The van der Waals surface area contributed by atoms with Crippen LogP contribution < -0.4 is 15.2 Å². The van der Waals surface area contributed by atoms with Crippen LogP contribution in [0.15, 0.2) is 54.6 Å². The summed E-state index contributed by atoms with van der Waals surface area (Å²) in [5, 5.41) is 10.2. The molecule has 33 heavy (non-hydrogen) atoms. The number of nitrogens with two attached hydrogens (primary N) is 1. The number of benzene rings is 3. The summed E-state index contributed by atoms with van der Waals surface area (Å²) in [6.45, 7) is -3.65. The van der Waals surface area contributed by atoms with Gasteiger partial charge in [-0.15, -0.1) is 0 Å². The lowest BCUT2D eigenvalue weighted by Gasteiger charge is -2.11. The zero-order valence-corrected chi connectivity index (χ0v) is 17.7. The van der Waals surface area contributed by atoms with Crippen molar-refractivity contribution in [3.8, 4) is 11.5 Å². The van der Waals surface area contributed by atoms with Crippen molar-refractivity contribution < 1.29 is 33.0 Å². The van der Waals surface area contributed by atoms with Crippen molar-refractivity contribution >= 4 is 45.3 Å². The molecule has 4 rings (SSSR count). The van der Waals surface area contributed by atoms with Gasteiger partial charge < -0.3 is 24.9 Å². The number of nitrogens with zero attached hydrogens (tertiary/aromatic N) is 1. The lowest BCUT2D eigenvalue weighted by molar-refractivity contribution is -0.137. The molecule has 7 nitrogen and oxygen atoms in total. The van der Waals surface area contributed by atoms with Gasteiger partial charge in [0.25, 0.3) is 0 Å². The number of carbonyl (C=O) groups is 2. The molecule has 10 heteroatoms. The second-order valence-electron chi connectivity index (χ2n) is 7.08. The number of esters is 1. The third-order valence-corrected chi connectivity index (χ3v) is 5.33. The Morgan fingerprint density at radius 1 is 1.09 bits per heavy atom. The van der Waals surface area contributed by atoms with Crippen molar-refractivity contribution in [2.24, 2.45) is 5.73 Å². The highest BCUT2D eigenvalue weighted by Crippen LogP contribution is 2.41. The zero-order chi connectivity index (χ0) is 23.7. The molecule has 1 amide bonds. The largest absolute Gasteiger partial charge is 0.435 e. The highest BCUT2D eigenvalue weighted by Gasteiger charge is 2.23. The lowest BCUT2D eigenvalue weighted by Crippen LogP contribution is -2.13. The summed E-state index contributed by atoms with van der Waals surface area (Å²) in [6.07, 6.45) is 0. The van der Waals surface area contributed by atoms with Gasteiger partial charge >= 0.3 is 12.6 Å². The average molecular weight is 475 g/mol. The van der Waals surface area contributed by atoms with E-state index < -0.39 is 25.1 Å². The van der Waals surface area contributed by atoms with E-state index in [-0.39, 0.29) is 23.6 Å². The Labute approximate surface area is 190 Å². The van der Waals surface area contributed by atoms with Crippen LogP contribution in [0.3, 0.4) is 0 Å². The van der Waals surface area contributed by atoms with Gasteiger partial charge in [0.15, 0.2) is 0 Å². The first-order valence-corrected chi connectivity index (χ1v) is 10.1. The van der Waals surface area contributed by atoms with Crippen LogP contribution in [0, 0.1) is 0 Å². The molecule has 3 aromatic carbocycles. The van der Waals surface area contributed by atoms with Gasteiger partial charge in [0.05, 0.1) is 21.4 Å². The van der Waals surface area contributed by atoms with Gasteiger partial charge in [-0.3, -0.25) is 4.79 Å². The van der Waals surface area contributed by atoms with Crippen LogP contribution in [-0.2, 0) is 11.3 Å². The third kappa shape index (κ3) is 4.33. The number of aliphatic hydroxyl groups is 1. The number of aromatic nitrogens is 1. The number of ether oxygens (including phenoxy) is 2. The molecule has 0 spiro atoms. The smallest absolute Gasteiger partial charge is 0.387 e. The first-order chi connectivity index (χ1) is 15.8. The molecule has 3 N–H and O–H groups in total. The number of fused-ring (bicyclic) bond motifs is 3. The Hall–Kier alpha value is -3.69. The predicted octanol–water partition coefficient (Wildman–Crippen LogP) is 4.09. The van der Waals surface area contributed by atoms with Crippen LogP contribution in [0.25, 0.3) is 21.8 Å². The Morgan fingerprint density at radius 2 is 1.85 bits per heavy atom. The number of carbonyl (C=O) groups excluding carboxylic acids is 2. The van der Waals surface area contributed by atoms with Crippen molar-refractivity contribution in [3.05, 3.63) is 70.7 Å². The summed E-state index contributed by atoms with van der Waals surface area (Å²) in [6, 6.07) is 14.0. The highest BCUT2D eigenvalue weighted by molar-refractivity contribution is 6.37. The van der Waals surface area contributed by atoms with Crippen LogP contribution >= 0.6 is 11.6 Å². The monoisotopic (exact) mass is 474 g/mol. The van der Waals surface area contributed by atoms with E-state index in [0.717, 1.165) is 0 Å². The number of hydrogen-bond donors (Lipinski definition) is 2. The summed E-state index contributed by atoms with van der Waals surface area (Å²) < 4.78 is 36.8. The van der Waals surface area contributed by atoms with E-state index >= 15 is 0 Å². The third-order valence-electron chi connectivity index (χ3n) is 5.03. The molecule has 0 bridgehead atoms. The predicted molar refractivity (Wildman–Crippen MR) is 118 cm³/mol. The summed E-state index contributed by atoms with van der Waals surface area (Å²) in [5.41, 5.74) is 7.38. The van der Waals surface area contributed by atoms with E-state index in [4.69, 9.17) is 27.2 Å². The van der Waals surface area contributed by atoms with Gasteiger partial charge in [0.1, 0.15) is 18.1 Å². The normalized spacial score (nSPS) is 11.3. The van der Waals surface area contributed by atoms with E-state index in [0.29, 0.717) is 32.4 Å². The maximum Gasteiger partial charge on any atom is 0.387 e. The Bertz CT molecular complexity index is 1390. The van der Waals surface area contributed by atoms with Crippen LogP contribution in [0.5, 0.6) is 11.5 Å². The SMILES string of the molecule is NC(=O)c1cccc2c1c1c(OC(=O)CO)ccc(Cl)c1n2Cc1cccc(OC(F)F)c1. The van der Waals surface area contributed by atoms with E-state index in [1.54, 1.807) is 28.8 Å². The van der Waals surface area contributed by atoms with Gasteiger partial charge in [0.2, 0.25) is 5.91 Å². The minimum absolute atomic E-state index is 0.00949. The first-order valence-electron chi connectivity index (χ1n) is 9.68. The molecule has 0 radical (unpaired) electrons. The number of aliphatic hydroxyl groups excluding tert-OH is 1. The van der Waals surface area contributed by atoms with E-state index in [1.165, 1.54) is 30.3 Å². The van der Waals surface area contributed by atoms with Crippen molar-refractivity contribution in [1.82, 2.24) is 4.57 Å². The van der Waals surface area contributed by atoms with Crippen LogP contribution in [0.2, 0.25) is 5.02 Å². The van der Waals surface area contributed by atoms with Gasteiger partial charge in [-0.05, 0) is 42.0 Å². The second-order valence-corrected chi connectivity index (χ2v) is 7.48. The van der Waals surface area contributed by atoms with Crippen molar-refractivity contribution in [2.45, 2.75) is 13.2 Å². The molecule has 0 saturated heterocycles. The Balaban J connectivity index is 2.00. The first kappa shape index (κ1) is 22.5. The van der Waals surface area contributed by atoms with Gasteiger partial charge in [-0.2, -0.15) is 8.78 Å². The number of amides is 1. The quantitative estimate of drug-likeness (QED) is 0.310. The van der Waals surface area contributed by atoms with E-state index in [9.17, 15) is 18.4 Å². The number of halogens is 3. The van der Waals surface area contributed by atoms with Crippen molar-refractivity contribution in [3.63, 3.8) is 0 Å². The fourth-order valence-corrected chi connectivity index (χ4v) is 4.07. The number of hydrogen-bond acceptors (Lipinski definition) is 5. The molecule has 0 aliphatic heterocycles. The number of alkyl halides is 2. The molecule has 0 unspecified atom stereocenters. The summed E-state index contributed by atoms with van der Waals surface area (Å²) in [4.78, 5) is 24.0. The molecule has 0 aliphatic rings. The van der Waals surface area contributed by atoms with Gasteiger partial charge in [0, 0.05) is 17.5 Å². The zero-order valence-electron chi connectivity index (χ0n) is 16.9. The van der Waals surface area contributed by atoms with Crippen molar-refractivity contribution in [2.75, 3.05) is 6.61 Å². The minimum Gasteiger partial charge on any atom is -0.435 e. The molecule has 0 aliphatic carbocycles. The fraction of sp³-hybridized carbons (Fsp3) is 0.130. The molecular weight excluding hydrogens is 458 g/mol. The van der Waals surface area contributed by atoms with E-state index in [2.05, 4.69) is 4.74 Å². The molecule has 0 atom stereocenters. The molecule has 1 heterocycles. The lowest BCUT2D eigenvalue weighted by atomic mass is 10.1. The van der Waals surface area contributed by atoms with Crippen LogP contribution in [0.1, 0.15) is 15.9 Å². The molecule has 1 aromatic heterocycles. The molecule has 0 saturated carbocycles. The minimum atomic E-state index is -2.97. The fourth-order valence-electron chi connectivity index (χ4n) is 3.81. The van der Waals surface area contributed by atoms with Gasteiger partial charge in [-0.1, -0.05) is 29.8 Å². The molecular formula is C23H17ClF2N2O5. The Morgan fingerprint density at radius 3 is 2.55 bits per heavy atom. The maximum atomic E-state index is 12.6. The highest BCUT2D eigenvalue weighted by atomic mass is 35.5. The summed E-state index contributed by atoms with van der Waals surface area (Å²) in [7, 11) is 0. The van der Waals surface area contributed by atoms with Crippen LogP contribution in [-0.4, -0.2) is 34.8 Å². The summed E-state index contributed by atoms with van der Waals surface area (Å²) >= 11 is 6.52. The molecule has 4 aromatic rings. The van der Waals surface area contributed by atoms with Crippen molar-refractivity contribution in [1.29, 1.82) is 0 Å². The van der Waals surface area contributed by atoms with E-state index in [1.807, 2.05) is 0 Å². The second kappa shape index (κ2) is 9.05.